The molecule has 0 aromatic carbocycles. The molecular weight excluding hydrogens is 251 g/mol. The van der Waals surface area contributed by atoms with Crippen molar-refractivity contribution < 1.29 is 13.7 Å². The van der Waals surface area contributed by atoms with Crippen LogP contribution >= 0.6 is 0 Å². The molecule has 7 heteroatoms. The van der Waals surface area contributed by atoms with E-state index in [1.165, 1.54) is 19.2 Å². The Kier molecular flexibility index (Phi) is 3.28. The maximum absolute atomic E-state index is 13.5. The van der Waals surface area contributed by atoms with Crippen molar-refractivity contribution in [3.05, 3.63) is 30.1 Å². The molecule has 0 bridgehead atoms. The van der Waals surface area contributed by atoms with Crippen molar-refractivity contribution in [1.82, 2.24) is 20.4 Å². The SMILES string of the molecule is CC(=O)NC(C)(C)c1noc(-c2ccncc2F)n1. The van der Waals surface area contributed by atoms with E-state index in [9.17, 15) is 9.18 Å². The summed E-state index contributed by atoms with van der Waals surface area (Å²) in [6, 6.07) is 1.44. The van der Waals surface area contributed by atoms with E-state index in [2.05, 4.69) is 20.4 Å². The summed E-state index contributed by atoms with van der Waals surface area (Å²) in [5, 5.41) is 6.46. The van der Waals surface area contributed by atoms with E-state index in [1.807, 2.05) is 0 Å². The van der Waals surface area contributed by atoms with Gasteiger partial charge in [-0.25, -0.2) is 4.39 Å². The van der Waals surface area contributed by atoms with Crippen LogP contribution in [0.3, 0.4) is 0 Å². The molecule has 0 saturated heterocycles. The van der Waals surface area contributed by atoms with Gasteiger partial charge in [-0.2, -0.15) is 4.98 Å². The van der Waals surface area contributed by atoms with Crippen LogP contribution in [-0.4, -0.2) is 21.0 Å². The van der Waals surface area contributed by atoms with Gasteiger partial charge in [-0.1, -0.05) is 5.16 Å². The highest BCUT2D eigenvalue weighted by molar-refractivity contribution is 5.73. The van der Waals surface area contributed by atoms with E-state index in [0.29, 0.717) is 0 Å². The molecule has 2 rings (SSSR count). The minimum atomic E-state index is -0.795. The molecule has 0 aliphatic carbocycles. The van der Waals surface area contributed by atoms with Crippen LogP contribution < -0.4 is 5.32 Å². The number of pyridine rings is 1. The molecule has 0 aliphatic heterocycles. The summed E-state index contributed by atoms with van der Waals surface area (Å²) in [4.78, 5) is 18.8. The second-order valence-corrected chi connectivity index (χ2v) is 4.58. The maximum atomic E-state index is 13.5. The first kappa shape index (κ1) is 13.1. The lowest BCUT2D eigenvalue weighted by Gasteiger charge is -2.20. The Morgan fingerprint density at radius 3 is 2.84 bits per heavy atom. The van der Waals surface area contributed by atoms with Gasteiger partial charge in [0.15, 0.2) is 11.6 Å². The molecule has 0 fully saturated rings. The van der Waals surface area contributed by atoms with Gasteiger partial charge in [0.25, 0.3) is 5.89 Å². The maximum Gasteiger partial charge on any atom is 0.261 e. The van der Waals surface area contributed by atoms with Gasteiger partial charge in [0.2, 0.25) is 5.91 Å². The zero-order chi connectivity index (χ0) is 14.0. The van der Waals surface area contributed by atoms with Gasteiger partial charge in [0.1, 0.15) is 0 Å². The van der Waals surface area contributed by atoms with Gasteiger partial charge in [-0.05, 0) is 19.9 Å². The van der Waals surface area contributed by atoms with Gasteiger partial charge >= 0.3 is 0 Å². The topological polar surface area (TPSA) is 80.9 Å². The number of halogens is 1. The Hall–Kier alpha value is -2.31. The molecule has 1 amide bonds. The zero-order valence-electron chi connectivity index (χ0n) is 10.8. The molecule has 19 heavy (non-hydrogen) atoms. The molecular formula is C12H13FN4O2. The van der Waals surface area contributed by atoms with Gasteiger partial charge in [0, 0.05) is 13.1 Å². The third-order valence-corrected chi connectivity index (χ3v) is 2.48. The van der Waals surface area contributed by atoms with Crippen LogP contribution in [0.4, 0.5) is 4.39 Å². The van der Waals surface area contributed by atoms with Gasteiger partial charge in [-0.15, -0.1) is 0 Å². The van der Waals surface area contributed by atoms with Crippen LogP contribution in [0.2, 0.25) is 0 Å². The number of carbonyl (C=O) groups is 1. The van der Waals surface area contributed by atoms with E-state index in [0.717, 1.165) is 6.20 Å². The second kappa shape index (κ2) is 4.75. The molecule has 0 saturated carbocycles. The summed E-state index contributed by atoms with van der Waals surface area (Å²) in [5.41, 5.74) is -0.621. The molecule has 0 spiro atoms. The summed E-state index contributed by atoms with van der Waals surface area (Å²) in [6.07, 6.45) is 2.50. The Morgan fingerprint density at radius 2 is 2.21 bits per heavy atom. The minimum Gasteiger partial charge on any atom is -0.344 e. The quantitative estimate of drug-likeness (QED) is 0.911. The molecule has 2 aromatic rings. The number of aromatic nitrogens is 3. The molecule has 1 N–H and O–H groups in total. The number of carbonyl (C=O) groups excluding carboxylic acids is 1. The van der Waals surface area contributed by atoms with E-state index < -0.39 is 11.4 Å². The predicted octanol–water partition coefficient (Wildman–Crippen LogP) is 1.64. The van der Waals surface area contributed by atoms with Crippen LogP contribution in [0.1, 0.15) is 26.6 Å². The fraction of sp³-hybridized carbons (Fsp3) is 0.333. The zero-order valence-corrected chi connectivity index (χ0v) is 10.8. The monoisotopic (exact) mass is 264 g/mol. The van der Waals surface area contributed by atoms with Crippen LogP contribution in [0.5, 0.6) is 0 Å². The van der Waals surface area contributed by atoms with Crippen LogP contribution in [-0.2, 0) is 10.3 Å². The van der Waals surface area contributed by atoms with E-state index >= 15 is 0 Å². The van der Waals surface area contributed by atoms with Gasteiger partial charge < -0.3 is 9.84 Å². The van der Waals surface area contributed by atoms with Gasteiger partial charge in [0.05, 0.1) is 17.3 Å². The largest absolute Gasteiger partial charge is 0.344 e. The van der Waals surface area contributed by atoms with E-state index in [-0.39, 0.29) is 23.2 Å². The van der Waals surface area contributed by atoms with Crippen molar-refractivity contribution in [1.29, 1.82) is 0 Å². The lowest BCUT2D eigenvalue weighted by molar-refractivity contribution is -0.120. The molecule has 0 aliphatic rings. The summed E-state index contributed by atoms with van der Waals surface area (Å²) in [6.45, 7) is 4.85. The third-order valence-electron chi connectivity index (χ3n) is 2.48. The first-order chi connectivity index (χ1) is 8.90. The Balaban J connectivity index is 2.34. The van der Waals surface area contributed by atoms with Crippen LogP contribution in [0, 0.1) is 5.82 Å². The van der Waals surface area contributed by atoms with Crippen LogP contribution in [0.25, 0.3) is 11.5 Å². The summed E-state index contributed by atoms with van der Waals surface area (Å²) < 4.78 is 18.6. The first-order valence-electron chi connectivity index (χ1n) is 5.63. The number of hydrogen-bond donors (Lipinski definition) is 1. The number of hydrogen-bond acceptors (Lipinski definition) is 5. The summed E-state index contributed by atoms with van der Waals surface area (Å²) in [7, 11) is 0. The predicted molar refractivity (Wildman–Crippen MR) is 64.3 cm³/mol. The van der Waals surface area contributed by atoms with Crippen molar-refractivity contribution in [3.8, 4) is 11.5 Å². The fourth-order valence-electron chi connectivity index (χ4n) is 1.63. The number of rotatable bonds is 3. The molecule has 0 unspecified atom stereocenters. The standard InChI is InChI=1S/C12H13FN4O2/c1-7(18)16-12(2,3)11-15-10(19-17-11)8-4-5-14-6-9(8)13/h4-6H,1-3H3,(H,16,18). The molecule has 0 radical (unpaired) electrons. The van der Waals surface area contributed by atoms with Crippen molar-refractivity contribution >= 4 is 5.91 Å². The highest BCUT2D eigenvalue weighted by atomic mass is 19.1. The number of nitrogens with zero attached hydrogens (tertiary/aromatic N) is 3. The molecule has 0 atom stereocenters. The smallest absolute Gasteiger partial charge is 0.261 e. The summed E-state index contributed by atoms with van der Waals surface area (Å²) in [5.74, 6) is -0.441. The highest BCUT2D eigenvalue weighted by Crippen LogP contribution is 2.23. The lowest BCUT2D eigenvalue weighted by atomic mass is 10.1. The van der Waals surface area contributed by atoms with Crippen LogP contribution in [0.15, 0.2) is 23.0 Å². The van der Waals surface area contributed by atoms with E-state index in [4.69, 9.17) is 4.52 Å². The van der Waals surface area contributed by atoms with Crippen molar-refractivity contribution in [2.75, 3.05) is 0 Å². The number of nitrogens with one attached hydrogen (secondary N) is 1. The Bertz CT molecular complexity index is 609. The molecule has 2 aromatic heterocycles. The molecule has 2 heterocycles. The normalized spacial score (nSPS) is 11.4. The summed E-state index contributed by atoms with van der Waals surface area (Å²) >= 11 is 0. The number of amides is 1. The molecule has 100 valence electrons. The average molecular weight is 264 g/mol. The van der Waals surface area contributed by atoms with Gasteiger partial charge in [-0.3, -0.25) is 9.78 Å². The van der Waals surface area contributed by atoms with Crippen molar-refractivity contribution in [2.45, 2.75) is 26.3 Å². The first-order valence-corrected chi connectivity index (χ1v) is 5.63. The Labute approximate surface area is 109 Å². The Morgan fingerprint density at radius 1 is 1.47 bits per heavy atom. The minimum absolute atomic E-state index is 0.0494. The van der Waals surface area contributed by atoms with E-state index in [1.54, 1.807) is 13.8 Å². The second-order valence-electron chi connectivity index (χ2n) is 4.58. The molecule has 6 nitrogen and oxygen atoms in total. The highest BCUT2D eigenvalue weighted by Gasteiger charge is 2.28. The van der Waals surface area contributed by atoms with Crippen molar-refractivity contribution in [2.24, 2.45) is 0 Å². The lowest BCUT2D eigenvalue weighted by Crippen LogP contribution is -2.40. The third kappa shape index (κ3) is 2.75. The van der Waals surface area contributed by atoms with Crippen molar-refractivity contribution in [3.63, 3.8) is 0 Å². The fourth-order valence-corrected chi connectivity index (χ4v) is 1.63. The average Bonchev–Trinajstić information content (AvgIpc) is 2.77.